The predicted octanol–water partition coefficient (Wildman–Crippen LogP) is 1.09. The number of hydrogen-bond acceptors (Lipinski definition) is 4. The molecule has 18 heavy (non-hydrogen) atoms. The molecule has 1 rings (SSSR count). The maximum absolute atomic E-state index is 8.73. The standard InChI is InChI=1S/C14H30N2O2/c1-12(2)15-10-13(3)11-16-6-4-14(5-7-16)18-9-8-17/h12-15,17H,4-11H2,1-3H3. The first-order valence-electron chi connectivity index (χ1n) is 7.30. The van der Waals surface area contributed by atoms with Crippen molar-refractivity contribution in [1.82, 2.24) is 10.2 Å². The fraction of sp³-hybridized carbons (Fsp3) is 1.00. The average Bonchev–Trinajstić information content (AvgIpc) is 2.35. The van der Waals surface area contributed by atoms with Crippen LogP contribution in [0.4, 0.5) is 0 Å². The first-order valence-corrected chi connectivity index (χ1v) is 7.30. The average molecular weight is 258 g/mol. The van der Waals surface area contributed by atoms with E-state index in [9.17, 15) is 0 Å². The third kappa shape index (κ3) is 6.69. The van der Waals surface area contributed by atoms with Gasteiger partial charge in [0.05, 0.1) is 19.3 Å². The molecule has 1 aliphatic rings. The minimum absolute atomic E-state index is 0.137. The second-order valence-electron chi connectivity index (χ2n) is 5.76. The normalized spacial score (nSPS) is 20.5. The van der Waals surface area contributed by atoms with Crippen LogP contribution in [0.1, 0.15) is 33.6 Å². The van der Waals surface area contributed by atoms with Crippen LogP contribution in [-0.2, 0) is 4.74 Å². The van der Waals surface area contributed by atoms with Crippen molar-refractivity contribution in [2.75, 3.05) is 39.4 Å². The van der Waals surface area contributed by atoms with Crippen LogP contribution in [0.3, 0.4) is 0 Å². The van der Waals surface area contributed by atoms with Gasteiger partial charge in [-0.1, -0.05) is 20.8 Å². The first kappa shape index (κ1) is 15.9. The molecule has 0 bridgehead atoms. The summed E-state index contributed by atoms with van der Waals surface area (Å²) >= 11 is 0. The molecule has 0 spiro atoms. The van der Waals surface area contributed by atoms with Gasteiger partial charge in [-0.15, -0.1) is 0 Å². The number of rotatable bonds is 8. The van der Waals surface area contributed by atoms with Gasteiger partial charge in [-0.2, -0.15) is 0 Å². The van der Waals surface area contributed by atoms with E-state index in [1.165, 1.54) is 6.54 Å². The van der Waals surface area contributed by atoms with Gasteiger partial charge in [-0.25, -0.2) is 0 Å². The molecule has 1 fully saturated rings. The summed E-state index contributed by atoms with van der Waals surface area (Å²) in [4.78, 5) is 2.53. The summed E-state index contributed by atoms with van der Waals surface area (Å²) in [5.74, 6) is 0.697. The molecule has 0 aromatic rings. The molecule has 0 aromatic carbocycles. The highest BCUT2D eigenvalue weighted by atomic mass is 16.5. The molecule has 1 atom stereocenters. The van der Waals surface area contributed by atoms with Crippen LogP contribution in [-0.4, -0.2) is 61.5 Å². The van der Waals surface area contributed by atoms with Crippen LogP contribution < -0.4 is 5.32 Å². The third-order valence-corrected chi connectivity index (χ3v) is 3.42. The van der Waals surface area contributed by atoms with Crippen molar-refractivity contribution in [2.24, 2.45) is 5.92 Å². The Hall–Kier alpha value is -0.160. The molecule has 0 radical (unpaired) electrons. The van der Waals surface area contributed by atoms with Gasteiger partial charge in [0.2, 0.25) is 0 Å². The highest BCUT2D eigenvalue weighted by molar-refractivity contribution is 4.74. The highest BCUT2D eigenvalue weighted by Gasteiger charge is 2.20. The minimum atomic E-state index is 0.137. The molecule has 1 aliphatic heterocycles. The van der Waals surface area contributed by atoms with Gasteiger partial charge in [-0.05, 0) is 25.3 Å². The van der Waals surface area contributed by atoms with E-state index in [4.69, 9.17) is 9.84 Å². The molecule has 0 aliphatic carbocycles. The highest BCUT2D eigenvalue weighted by Crippen LogP contribution is 2.14. The number of piperidine rings is 1. The van der Waals surface area contributed by atoms with Gasteiger partial charge in [0.15, 0.2) is 0 Å². The maximum atomic E-state index is 8.73. The van der Waals surface area contributed by atoms with E-state index in [1.807, 2.05) is 0 Å². The Kier molecular flexibility index (Phi) is 7.82. The molecule has 0 saturated carbocycles. The fourth-order valence-corrected chi connectivity index (χ4v) is 2.42. The van der Waals surface area contributed by atoms with E-state index in [0.717, 1.165) is 32.5 Å². The van der Waals surface area contributed by atoms with Crippen molar-refractivity contribution in [2.45, 2.75) is 45.8 Å². The molecule has 1 unspecified atom stereocenters. The van der Waals surface area contributed by atoms with E-state index in [-0.39, 0.29) is 6.61 Å². The van der Waals surface area contributed by atoms with Crippen molar-refractivity contribution in [3.63, 3.8) is 0 Å². The second kappa shape index (κ2) is 8.86. The zero-order valence-electron chi connectivity index (χ0n) is 12.2. The number of nitrogens with zero attached hydrogens (tertiary/aromatic N) is 1. The summed E-state index contributed by atoms with van der Waals surface area (Å²) in [6, 6.07) is 0.574. The van der Waals surface area contributed by atoms with Crippen molar-refractivity contribution in [3.05, 3.63) is 0 Å². The van der Waals surface area contributed by atoms with E-state index in [0.29, 0.717) is 24.7 Å². The van der Waals surface area contributed by atoms with E-state index in [2.05, 4.69) is 31.0 Å². The van der Waals surface area contributed by atoms with E-state index >= 15 is 0 Å². The molecule has 1 heterocycles. The summed E-state index contributed by atoms with van der Waals surface area (Å²) in [6.45, 7) is 11.8. The number of likely N-dealkylation sites (tertiary alicyclic amines) is 1. The lowest BCUT2D eigenvalue weighted by molar-refractivity contribution is -0.00958. The van der Waals surface area contributed by atoms with E-state index < -0.39 is 0 Å². The molecule has 0 amide bonds. The largest absolute Gasteiger partial charge is 0.394 e. The summed E-state index contributed by atoms with van der Waals surface area (Å²) in [6.07, 6.45) is 2.56. The Morgan fingerprint density at radius 1 is 1.28 bits per heavy atom. The Bertz CT molecular complexity index is 204. The van der Waals surface area contributed by atoms with Gasteiger partial charge < -0.3 is 20.1 Å². The lowest BCUT2D eigenvalue weighted by atomic mass is 10.1. The predicted molar refractivity (Wildman–Crippen MR) is 74.8 cm³/mol. The van der Waals surface area contributed by atoms with Gasteiger partial charge in [-0.3, -0.25) is 0 Å². The van der Waals surface area contributed by atoms with Gasteiger partial charge >= 0.3 is 0 Å². The topological polar surface area (TPSA) is 44.7 Å². The SMILES string of the molecule is CC(CNC(C)C)CN1CCC(OCCO)CC1. The number of aliphatic hydroxyl groups excluding tert-OH is 1. The summed E-state index contributed by atoms with van der Waals surface area (Å²) in [7, 11) is 0. The van der Waals surface area contributed by atoms with Crippen LogP contribution in [0.5, 0.6) is 0 Å². The van der Waals surface area contributed by atoms with Crippen molar-refractivity contribution >= 4 is 0 Å². The van der Waals surface area contributed by atoms with Gasteiger partial charge in [0.25, 0.3) is 0 Å². The molecule has 4 heteroatoms. The summed E-state index contributed by atoms with van der Waals surface area (Å²) < 4.78 is 5.58. The second-order valence-corrected chi connectivity index (χ2v) is 5.76. The van der Waals surface area contributed by atoms with Crippen LogP contribution in [0.15, 0.2) is 0 Å². The number of hydrogen-bond donors (Lipinski definition) is 2. The minimum Gasteiger partial charge on any atom is -0.394 e. The smallest absolute Gasteiger partial charge is 0.0701 e. The van der Waals surface area contributed by atoms with Gasteiger partial charge in [0.1, 0.15) is 0 Å². The fourth-order valence-electron chi connectivity index (χ4n) is 2.42. The molecule has 108 valence electrons. The number of nitrogens with one attached hydrogen (secondary N) is 1. The molecular weight excluding hydrogens is 228 g/mol. The molecular formula is C14H30N2O2. The monoisotopic (exact) mass is 258 g/mol. The van der Waals surface area contributed by atoms with Gasteiger partial charge in [0, 0.05) is 25.7 Å². The Morgan fingerprint density at radius 2 is 1.94 bits per heavy atom. The van der Waals surface area contributed by atoms with Crippen molar-refractivity contribution < 1.29 is 9.84 Å². The van der Waals surface area contributed by atoms with Crippen LogP contribution >= 0.6 is 0 Å². The van der Waals surface area contributed by atoms with Crippen LogP contribution in [0.2, 0.25) is 0 Å². The van der Waals surface area contributed by atoms with Crippen molar-refractivity contribution in [1.29, 1.82) is 0 Å². The van der Waals surface area contributed by atoms with Crippen LogP contribution in [0.25, 0.3) is 0 Å². The number of aliphatic hydroxyl groups is 1. The van der Waals surface area contributed by atoms with E-state index in [1.54, 1.807) is 0 Å². The zero-order valence-corrected chi connectivity index (χ0v) is 12.2. The summed E-state index contributed by atoms with van der Waals surface area (Å²) in [5, 5.41) is 12.2. The van der Waals surface area contributed by atoms with Crippen LogP contribution in [0, 0.1) is 5.92 Å². The lowest BCUT2D eigenvalue weighted by Gasteiger charge is -2.33. The molecule has 2 N–H and O–H groups in total. The lowest BCUT2D eigenvalue weighted by Crippen LogP contribution is -2.41. The molecule has 4 nitrogen and oxygen atoms in total. The Labute approximate surface area is 112 Å². The summed E-state index contributed by atoms with van der Waals surface area (Å²) in [5.41, 5.74) is 0. The number of ether oxygens (including phenoxy) is 1. The third-order valence-electron chi connectivity index (χ3n) is 3.42. The Balaban J connectivity index is 2.11. The zero-order chi connectivity index (χ0) is 13.4. The quantitative estimate of drug-likeness (QED) is 0.684. The first-order chi connectivity index (χ1) is 8.61. The maximum Gasteiger partial charge on any atom is 0.0701 e. The van der Waals surface area contributed by atoms with Crippen molar-refractivity contribution in [3.8, 4) is 0 Å². The molecule has 1 saturated heterocycles. The Morgan fingerprint density at radius 3 is 2.50 bits per heavy atom. The molecule has 0 aromatic heterocycles.